The van der Waals surface area contributed by atoms with Gasteiger partial charge in [0.05, 0.1) is 6.54 Å². The molecule has 34 heavy (non-hydrogen) atoms. The van der Waals surface area contributed by atoms with Crippen LogP contribution < -0.4 is 15.5 Å². The van der Waals surface area contributed by atoms with Crippen LogP contribution in [0.1, 0.15) is 43.0 Å². The largest absolute Gasteiger partial charge is 0.484 e. The number of carbonyl (C=O) groups is 3. The Labute approximate surface area is 199 Å². The van der Waals surface area contributed by atoms with E-state index in [4.69, 9.17) is 14.7 Å². The second-order valence-corrected chi connectivity index (χ2v) is 9.39. The molecule has 1 aliphatic heterocycles. The van der Waals surface area contributed by atoms with Gasteiger partial charge in [0, 0.05) is 12.1 Å². The zero-order chi connectivity index (χ0) is 25.0. The number of hydrogen-bond acceptors (Lipinski definition) is 6. The van der Waals surface area contributed by atoms with Crippen molar-refractivity contribution in [1.29, 1.82) is 0 Å². The highest BCUT2D eigenvalue weighted by Gasteiger charge is 2.37. The van der Waals surface area contributed by atoms with E-state index >= 15 is 0 Å². The number of fused-ring (bicyclic) bond motifs is 1. The van der Waals surface area contributed by atoms with Crippen LogP contribution in [-0.4, -0.2) is 46.3 Å². The lowest BCUT2D eigenvalue weighted by Crippen LogP contribution is -2.52. The Kier molecular flexibility index (Phi) is 7.46. The van der Waals surface area contributed by atoms with Gasteiger partial charge in [0.25, 0.3) is 5.91 Å². The fraction of sp³-hybridized carbons (Fsp3) is 0.400. The zero-order valence-electron chi connectivity index (χ0n) is 20.1. The first-order valence-electron chi connectivity index (χ1n) is 11.0. The third-order valence-corrected chi connectivity index (χ3v) is 5.37. The average Bonchev–Trinajstić information content (AvgIpc) is 2.77. The lowest BCUT2D eigenvalue weighted by atomic mass is 9.93. The van der Waals surface area contributed by atoms with Crippen molar-refractivity contribution in [2.75, 3.05) is 11.9 Å². The number of nitrogens with one attached hydrogen (secondary N) is 2. The number of nitrogens with zero attached hydrogens (tertiary/aromatic N) is 1. The van der Waals surface area contributed by atoms with Crippen LogP contribution in [0, 0.1) is 13.8 Å². The molecule has 2 aromatic carbocycles. The number of benzene rings is 2. The zero-order valence-corrected chi connectivity index (χ0v) is 20.1. The lowest BCUT2D eigenvalue weighted by molar-refractivity contribution is -0.131. The highest BCUT2D eigenvalue weighted by Crippen LogP contribution is 2.29. The van der Waals surface area contributed by atoms with Crippen LogP contribution in [0.2, 0.25) is 0 Å². The Morgan fingerprint density at radius 3 is 2.47 bits per heavy atom. The minimum Gasteiger partial charge on any atom is -0.484 e. The summed E-state index contributed by atoms with van der Waals surface area (Å²) in [7, 11) is 0. The molecule has 0 radical (unpaired) electrons. The minimum absolute atomic E-state index is 0.138. The number of anilines is 1. The maximum absolute atomic E-state index is 13.3. The maximum Gasteiger partial charge on any atom is 0.411 e. The van der Waals surface area contributed by atoms with E-state index < -0.39 is 23.6 Å². The first-order chi connectivity index (χ1) is 16.0. The van der Waals surface area contributed by atoms with Crippen molar-refractivity contribution in [3.63, 3.8) is 0 Å². The molecule has 9 nitrogen and oxygen atoms in total. The van der Waals surface area contributed by atoms with Gasteiger partial charge in [0.1, 0.15) is 17.4 Å². The fourth-order valence-corrected chi connectivity index (χ4v) is 3.75. The van der Waals surface area contributed by atoms with E-state index in [1.54, 1.807) is 32.9 Å². The fourth-order valence-electron chi connectivity index (χ4n) is 3.75. The molecule has 0 bridgehead atoms. The van der Waals surface area contributed by atoms with E-state index in [0.717, 1.165) is 22.3 Å². The van der Waals surface area contributed by atoms with Crippen LogP contribution in [0.4, 0.5) is 10.5 Å². The van der Waals surface area contributed by atoms with E-state index in [1.807, 2.05) is 38.1 Å². The molecular formula is C25H31N3O6. The third-order valence-electron chi connectivity index (χ3n) is 5.37. The first-order valence-corrected chi connectivity index (χ1v) is 11.0. The van der Waals surface area contributed by atoms with Crippen molar-refractivity contribution < 1.29 is 29.1 Å². The van der Waals surface area contributed by atoms with Gasteiger partial charge >= 0.3 is 6.09 Å². The van der Waals surface area contributed by atoms with E-state index in [1.165, 1.54) is 10.4 Å². The van der Waals surface area contributed by atoms with Gasteiger partial charge in [-0.25, -0.2) is 10.3 Å². The molecule has 3 N–H and O–H groups in total. The average molecular weight is 470 g/mol. The molecule has 0 saturated heterocycles. The molecule has 1 atom stereocenters. The van der Waals surface area contributed by atoms with Crippen molar-refractivity contribution in [2.45, 2.75) is 59.2 Å². The van der Waals surface area contributed by atoms with Crippen molar-refractivity contribution in [3.8, 4) is 5.75 Å². The Balaban J connectivity index is 1.87. The summed E-state index contributed by atoms with van der Waals surface area (Å²) in [5.41, 5.74) is 5.16. The molecule has 1 heterocycles. The summed E-state index contributed by atoms with van der Waals surface area (Å²) in [5, 5.41) is 11.6. The topological polar surface area (TPSA) is 117 Å². The van der Waals surface area contributed by atoms with E-state index in [2.05, 4.69) is 5.32 Å². The van der Waals surface area contributed by atoms with Crippen molar-refractivity contribution in [1.82, 2.24) is 10.4 Å². The summed E-state index contributed by atoms with van der Waals surface area (Å²) in [4.78, 5) is 39.0. The molecule has 0 saturated carbocycles. The monoisotopic (exact) mass is 469 g/mol. The van der Waals surface area contributed by atoms with Crippen molar-refractivity contribution >= 4 is 23.6 Å². The SMILES string of the molecule is Cc1ccc(NC(=O)[C@@H]2Cc3ccc(OCC(=O)NO)cc3CN2C(=O)OC(C)(C)C)c(C)c1. The highest BCUT2D eigenvalue weighted by molar-refractivity contribution is 5.97. The molecule has 0 fully saturated rings. The molecule has 0 aliphatic carbocycles. The molecule has 3 rings (SSSR count). The number of amides is 3. The second kappa shape index (κ2) is 10.1. The van der Waals surface area contributed by atoms with Crippen molar-refractivity contribution in [3.05, 3.63) is 58.7 Å². The van der Waals surface area contributed by atoms with E-state index in [0.29, 0.717) is 17.9 Å². The van der Waals surface area contributed by atoms with Crippen LogP contribution in [-0.2, 0) is 27.3 Å². The molecule has 0 unspecified atom stereocenters. The third kappa shape index (κ3) is 6.26. The number of carbonyl (C=O) groups excluding carboxylic acids is 3. The number of aryl methyl sites for hydroxylation is 2. The Morgan fingerprint density at radius 2 is 1.82 bits per heavy atom. The molecule has 9 heteroatoms. The normalized spacial score (nSPS) is 15.2. The Bertz CT molecular complexity index is 1090. The van der Waals surface area contributed by atoms with Gasteiger partial charge in [-0.1, -0.05) is 23.8 Å². The minimum atomic E-state index is -0.769. The standard InChI is InChI=1S/C25H31N3O6/c1-15-6-9-20(16(2)10-15)26-23(30)21-12-17-7-8-19(33-14-22(29)27-32)11-18(17)13-28(21)24(31)34-25(3,4)5/h6-11,21,32H,12-14H2,1-5H3,(H,26,30)(H,27,29)/t21-/m0/s1. The molecule has 1 aliphatic rings. The summed E-state index contributed by atoms with van der Waals surface area (Å²) < 4.78 is 11.0. The molecule has 0 aromatic heterocycles. The predicted octanol–water partition coefficient (Wildman–Crippen LogP) is 3.49. The van der Waals surface area contributed by atoms with Crippen LogP contribution in [0.3, 0.4) is 0 Å². The number of hydrogen-bond donors (Lipinski definition) is 3. The molecule has 182 valence electrons. The summed E-state index contributed by atoms with van der Waals surface area (Å²) in [5.74, 6) is -0.579. The Morgan fingerprint density at radius 1 is 1.09 bits per heavy atom. The van der Waals surface area contributed by atoms with Gasteiger partial charge < -0.3 is 14.8 Å². The molecule has 0 spiro atoms. The summed E-state index contributed by atoms with van der Waals surface area (Å²) in [6.45, 7) is 8.99. The van der Waals surface area contributed by atoms with E-state index in [-0.39, 0.29) is 19.1 Å². The second-order valence-electron chi connectivity index (χ2n) is 9.39. The summed E-state index contributed by atoms with van der Waals surface area (Å²) in [6.07, 6.45) is -0.298. The number of rotatable bonds is 5. The number of ether oxygens (including phenoxy) is 2. The summed E-state index contributed by atoms with van der Waals surface area (Å²) in [6, 6.07) is 10.2. The number of hydroxylamine groups is 1. The van der Waals surface area contributed by atoms with Gasteiger partial charge in [-0.15, -0.1) is 0 Å². The smallest absolute Gasteiger partial charge is 0.411 e. The maximum atomic E-state index is 13.3. The van der Waals surface area contributed by atoms with Gasteiger partial charge in [0.15, 0.2) is 6.61 Å². The summed E-state index contributed by atoms with van der Waals surface area (Å²) >= 11 is 0. The van der Waals surface area contributed by atoms with Crippen LogP contribution >= 0.6 is 0 Å². The molecule has 3 amide bonds. The van der Waals surface area contributed by atoms with Gasteiger partial charge in [-0.3, -0.25) is 19.7 Å². The van der Waals surface area contributed by atoms with Crippen molar-refractivity contribution in [2.24, 2.45) is 0 Å². The van der Waals surface area contributed by atoms with Gasteiger partial charge in [-0.2, -0.15) is 0 Å². The quantitative estimate of drug-likeness (QED) is 0.456. The first kappa shape index (κ1) is 25.0. The Hall–Kier alpha value is -3.59. The van der Waals surface area contributed by atoms with E-state index in [9.17, 15) is 14.4 Å². The van der Waals surface area contributed by atoms with Crippen LogP contribution in [0.5, 0.6) is 5.75 Å². The predicted molar refractivity (Wildman–Crippen MR) is 126 cm³/mol. The molecule has 2 aromatic rings. The van der Waals surface area contributed by atoms with Gasteiger partial charge in [0.2, 0.25) is 5.91 Å². The van der Waals surface area contributed by atoms with Crippen LogP contribution in [0.15, 0.2) is 36.4 Å². The lowest BCUT2D eigenvalue weighted by Gasteiger charge is -2.37. The van der Waals surface area contributed by atoms with Gasteiger partial charge in [-0.05, 0) is 69.5 Å². The van der Waals surface area contributed by atoms with Crippen LogP contribution in [0.25, 0.3) is 0 Å². The highest BCUT2D eigenvalue weighted by atomic mass is 16.6. The molecular weight excluding hydrogens is 438 g/mol.